The highest BCUT2D eigenvalue weighted by Gasteiger charge is 2.13. The summed E-state index contributed by atoms with van der Waals surface area (Å²) in [5.74, 6) is 1.37. The Hall–Kier alpha value is -2.82. The van der Waals surface area contributed by atoms with Gasteiger partial charge >= 0.3 is 0 Å². The first-order chi connectivity index (χ1) is 13.6. The lowest BCUT2D eigenvalue weighted by molar-refractivity contribution is -0.120. The number of Topliss-reactive ketones (excluding diaryl/α,β-unsaturated/α-hetero) is 1. The van der Waals surface area contributed by atoms with Gasteiger partial charge in [-0.3, -0.25) is 9.59 Å². The van der Waals surface area contributed by atoms with Crippen LogP contribution in [0, 0.1) is 0 Å². The van der Waals surface area contributed by atoms with Crippen molar-refractivity contribution in [1.29, 1.82) is 0 Å². The Balaban J connectivity index is 1.90. The van der Waals surface area contributed by atoms with Crippen LogP contribution in [0.15, 0.2) is 42.5 Å². The monoisotopic (exact) mass is 383 g/mol. The van der Waals surface area contributed by atoms with Crippen molar-refractivity contribution in [1.82, 2.24) is 5.32 Å². The van der Waals surface area contributed by atoms with Crippen LogP contribution in [0.5, 0.6) is 11.5 Å². The van der Waals surface area contributed by atoms with Crippen LogP contribution < -0.4 is 14.8 Å². The molecule has 28 heavy (non-hydrogen) atoms. The zero-order valence-corrected chi connectivity index (χ0v) is 16.9. The predicted octanol–water partition coefficient (Wildman–Crippen LogP) is 3.98. The molecule has 5 heteroatoms. The van der Waals surface area contributed by atoms with Crippen molar-refractivity contribution in [2.24, 2.45) is 0 Å². The first-order valence-electron chi connectivity index (χ1n) is 9.67. The third-order valence-electron chi connectivity index (χ3n) is 4.61. The van der Waals surface area contributed by atoms with Gasteiger partial charge in [-0.1, -0.05) is 43.7 Å². The Morgan fingerprint density at radius 2 is 1.75 bits per heavy atom. The molecule has 0 heterocycles. The van der Waals surface area contributed by atoms with Gasteiger partial charge in [-0.2, -0.15) is 0 Å². The van der Waals surface area contributed by atoms with E-state index in [0.29, 0.717) is 36.4 Å². The Kier molecular flexibility index (Phi) is 8.53. The van der Waals surface area contributed by atoms with Crippen molar-refractivity contribution in [3.63, 3.8) is 0 Å². The normalized spacial score (nSPS) is 10.4. The van der Waals surface area contributed by atoms with Gasteiger partial charge in [-0.15, -0.1) is 0 Å². The Labute approximate surface area is 167 Å². The molecule has 0 saturated heterocycles. The highest BCUT2D eigenvalue weighted by Crippen LogP contribution is 2.27. The molecule has 0 aromatic heterocycles. The van der Waals surface area contributed by atoms with Gasteiger partial charge in [0.2, 0.25) is 5.91 Å². The van der Waals surface area contributed by atoms with Gasteiger partial charge in [-0.05, 0) is 36.1 Å². The van der Waals surface area contributed by atoms with E-state index in [4.69, 9.17) is 9.47 Å². The highest BCUT2D eigenvalue weighted by atomic mass is 16.5. The van der Waals surface area contributed by atoms with Crippen LogP contribution in [-0.4, -0.2) is 32.5 Å². The number of carbonyl (C=O) groups excluding carboxylic acids is 2. The van der Waals surface area contributed by atoms with E-state index in [9.17, 15) is 9.59 Å². The van der Waals surface area contributed by atoms with Crippen LogP contribution in [-0.2, 0) is 17.6 Å². The average Bonchev–Trinajstić information content (AvgIpc) is 2.72. The van der Waals surface area contributed by atoms with Gasteiger partial charge < -0.3 is 14.8 Å². The standard InChI is InChI=1S/C23H29NO4/c1-4-5-10-20(25)19-9-7-6-8-18(19)16-23(26)24-14-13-17-11-12-21(27-2)22(15-17)28-3/h6-9,11-12,15H,4-5,10,13-14,16H2,1-3H3,(H,24,26). The highest BCUT2D eigenvalue weighted by molar-refractivity contribution is 5.98. The lowest BCUT2D eigenvalue weighted by atomic mass is 9.98. The summed E-state index contributed by atoms with van der Waals surface area (Å²) in [6, 6.07) is 13.1. The van der Waals surface area contributed by atoms with Crippen LogP contribution in [0.2, 0.25) is 0 Å². The summed E-state index contributed by atoms with van der Waals surface area (Å²) in [4.78, 5) is 24.7. The van der Waals surface area contributed by atoms with E-state index in [2.05, 4.69) is 12.2 Å². The number of nitrogens with one attached hydrogen (secondary N) is 1. The molecule has 1 amide bonds. The maximum atomic E-state index is 12.4. The molecule has 0 fully saturated rings. The van der Waals surface area contributed by atoms with Gasteiger partial charge in [0.05, 0.1) is 20.6 Å². The molecule has 0 aliphatic heterocycles. The Morgan fingerprint density at radius 1 is 1.00 bits per heavy atom. The first kappa shape index (κ1) is 21.5. The SMILES string of the molecule is CCCCC(=O)c1ccccc1CC(=O)NCCc1ccc(OC)c(OC)c1. The zero-order chi connectivity index (χ0) is 20.4. The van der Waals surface area contributed by atoms with Crippen LogP contribution >= 0.6 is 0 Å². The minimum absolute atomic E-state index is 0.0868. The zero-order valence-electron chi connectivity index (χ0n) is 16.9. The largest absolute Gasteiger partial charge is 0.493 e. The number of methoxy groups -OCH3 is 2. The quantitative estimate of drug-likeness (QED) is 0.596. The maximum Gasteiger partial charge on any atom is 0.224 e. The topological polar surface area (TPSA) is 64.6 Å². The first-order valence-corrected chi connectivity index (χ1v) is 9.67. The van der Waals surface area contributed by atoms with E-state index in [1.807, 2.05) is 42.5 Å². The van der Waals surface area contributed by atoms with Crippen LogP contribution in [0.3, 0.4) is 0 Å². The maximum absolute atomic E-state index is 12.4. The lowest BCUT2D eigenvalue weighted by Crippen LogP contribution is -2.27. The minimum Gasteiger partial charge on any atom is -0.493 e. The summed E-state index contributed by atoms with van der Waals surface area (Å²) in [7, 11) is 3.20. The van der Waals surface area contributed by atoms with Crippen molar-refractivity contribution in [3.05, 3.63) is 59.2 Å². The molecule has 0 radical (unpaired) electrons. The van der Waals surface area contributed by atoms with Gasteiger partial charge in [0.1, 0.15) is 0 Å². The van der Waals surface area contributed by atoms with Crippen LogP contribution in [0.4, 0.5) is 0 Å². The number of rotatable bonds is 11. The molecule has 0 aliphatic rings. The van der Waals surface area contributed by atoms with E-state index >= 15 is 0 Å². The second kappa shape index (κ2) is 11.1. The number of unbranched alkanes of at least 4 members (excludes halogenated alkanes) is 1. The van der Waals surface area contributed by atoms with Gasteiger partial charge in [0.15, 0.2) is 17.3 Å². The molecule has 150 valence electrons. The van der Waals surface area contributed by atoms with Crippen molar-refractivity contribution < 1.29 is 19.1 Å². The summed E-state index contributed by atoms with van der Waals surface area (Å²) in [5, 5.41) is 2.93. The number of ketones is 1. The molecular formula is C23H29NO4. The summed E-state index contributed by atoms with van der Waals surface area (Å²) in [6.45, 7) is 2.57. The van der Waals surface area contributed by atoms with E-state index in [0.717, 1.165) is 24.0 Å². The molecule has 0 bridgehead atoms. The molecule has 0 spiro atoms. The molecule has 2 aromatic rings. The van der Waals surface area contributed by atoms with E-state index in [-0.39, 0.29) is 18.1 Å². The van der Waals surface area contributed by atoms with Crippen molar-refractivity contribution in [3.8, 4) is 11.5 Å². The summed E-state index contributed by atoms with van der Waals surface area (Å²) < 4.78 is 10.5. The smallest absolute Gasteiger partial charge is 0.224 e. The van der Waals surface area contributed by atoms with Crippen molar-refractivity contribution in [2.75, 3.05) is 20.8 Å². The number of hydrogen-bond acceptors (Lipinski definition) is 4. The summed E-state index contributed by atoms with van der Waals surface area (Å²) >= 11 is 0. The third-order valence-corrected chi connectivity index (χ3v) is 4.61. The van der Waals surface area contributed by atoms with Gasteiger partial charge in [0.25, 0.3) is 0 Å². The number of amides is 1. The van der Waals surface area contributed by atoms with Gasteiger partial charge in [-0.25, -0.2) is 0 Å². The van der Waals surface area contributed by atoms with E-state index < -0.39 is 0 Å². The fourth-order valence-corrected chi connectivity index (χ4v) is 3.04. The molecule has 2 rings (SSSR count). The Bertz CT molecular complexity index is 801. The fourth-order valence-electron chi connectivity index (χ4n) is 3.04. The fraction of sp³-hybridized carbons (Fsp3) is 0.391. The number of hydrogen-bond donors (Lipinski definition) is 1. The second-order valence-electron chi connectivity index (χ2n) is 6.65. The predicted molar refractivity (Wildman–Crippen MR) is 110 cm³/mol. The summed E-state index contributed by atoms with van der Waals surface area (Å²) in [5.41, 5.74) is 2.49. The molecule has 5 nitrogen and oxygen atoms in total. The molecular weight excluding hydrogens is 354 g/mol. The number of ether oxygens (including phenoxy) is 2. The molecule has 0 aliphatic carbocycles. The molecule has 2 aromatic carbocycles. The van der Waals surface area contributed by atoms with Gasteiger partial charge in [0, 0.05) is 18.5 Å². The number of carbonyl (C=O) groups is 2. The molecule has 0 unspecified atom stereocenters. The Morgan fingerprint density at radius 3 is 2.46 bits per heavy atom. The van der Waals surface area contributed by atoms with E-state index in [1.165, 1.54) is 0 Å². The van der Waals surface area contributed by atoms with Crippen molar-refractivity contribution >= 4 is 11.7 Å². The van der Waals surface area contributed by atoms with E-state index in [1.54, 1.807) is 14.2 Å². The lowest BCUT2D eigenvalue weighted by Gasteiger charge is -2.11. The average molecular weight is 383 g/mol. The third kappa shape index (κ3) is 6.12. The van der Waals surface area contributed by atoms with Crippen LogP contribution in [0.1, 0.15) is 47.7 Å². The second-order valence-corrected chi connectivity index (χ2v) is 6.65. The van der Waals surface area contributed by atoms with Crippen LogP contribution in [0.25, 0.3) is 0 Å². The minimum atomic E-state index is -0.0868. The molecule has 0 atom stereocenters. The summed E-state index contributed by atoms with van der Waals surface area (Å²) in [6.07, 6.45) is 3.26. The molecule has 1 N–H and O–H groups in total. The molecule has 0 saturated carbocycles. The van der Waals surface area contributed by atoms with Crippen molar-refractivity contribution in [2.45, 2.75) is 39.0 Å². The number of benzene rings is 2.